The molecule has 2 unspecified atom stereocenters. The normalized spacial score (nSPS) is 18.2. The van der Waals surface area contributed by atoms with Crippen molar-refractivity contribution in [1.82, 2.24) is 4.90 Å². The number of nitro benzene ring substituents is 1. The summed E-state index contributed by atoms with van der Waals surface area (Å²) in [4.78, 5) is 38.5. The van der Waals surface area contributed by atoms with Gasteiger partial charge in [-0.2, -0.15) is 0 Å². The van der Waals surface area contributed by atoms with Crippen LogP contribution in [0.3, 0.4) is 0 Å². The van der Waals surface area contributed by atoms with E-state index in [1.807, 2.05) is 11.8 Å². The molecule has 8 nitrogen and oxygen atoms in total. The Morgan fingerprint density at radius 3 is 2.41 bits per heavy atom. The Morgan fingerprint density at radius 1 is 1.12 bits per heavy atom. The van der Waals surface area contributed by atoms with E-state index < -0.39 is 10.8 Å². The number of amides is 2. The van der Waals surface area contributed by atoms with Gasteiger partial charge in [0.1, 0.15) is 0 Å². The molecule has 32 heavy (non-hydrogen) atoms. The minimum Gasteiger partial charge on any atom is -0.487 e. The van der Waals surface area contributed by atoms with Gasteiger partial charge in [0, 0.05) is 36.0 Å². The summed E-state index contributed by atoms with van der Waals surface area (Å²) in [5.74, 6) is 0.452. The fourth-order valence-corrected chi connectivity index (χ4v) is 4.17. The molecule has 170 valence electrons. The number of hydrogen-bond acceptors (Lipinski definition) is 5. The Balaban J connectivity index is 1.82. The summed E-state index contributed by atoms with van der Waals surface area (Å²) in [6, 6.07) is 9.32. The third-order valence-electron chi connectivity index (χ3n) is 5.61. The molecule has 2 atom stereocenters. The summed E-state index contributed by atoms with van der Waals surface area (Å²) in [6.07, 6.45) is 1.10. The Labute approximate surface area is 187 Å². The number of benzene rings is 2. The predicted molar refractivity (Wildman–Crippen MR) is 122 cm³/mol. The van der Waals surface area contributed by atoms with E-state index in [2.05, 4.69) is 19.2 Å². The van der Waals surface area contributed by atoms with Crippen molar-refractivity contribution in [3.8, 4) is 5.75 Å². The van der Waals surface area contributed by atoms with Gasteiger partial charge < -0.3 is 15.0 Å². The van der Waals surface area contributed by atoms with Crippen LogP contribution in [-0.2, 0) is 0 Å². The van der Waals surface area contributed by atoms with Crippen molar-refractivity contribution in [2.45, 2.75) is 34.1 Å². The van der Waals surface area contributed by atoms with E-state index in [-0.39, 0.29) is 29.5 Å². The number of rotatable bonds is 6. The van der Waals surface area contributed by atoms with Crippen molar-refractivity contribution >= 4 is 23.2 Å². The zero-order chi connectivity index (χ0) is 23.4. The van der Waals surface area contributed by atoms with Crippen molar-refractivity contribution in [1.29, 1.82) is 0 Å². The fraction of sp³-hybridized carbons (Fsp3) is 0.417. The number of nitro groups is 1. The summed E-state index contributed by atoms with van der Waals surface area (Å²) in [6.45, 7) is 9.56. The lowest BCUT2D eigenvalue weighted by Gasteiger charge is -2.35. The highest BCUT2D eigenvalue weighted by Gasteiger charge is 2.26. The Kier molecular flexibility index (Phi) is 7.12. The van der Waals surface area contributed by atoms with Gasteiger partial charge in [-0.25, -0.2) is 0 Å². The molecule has 2 aromatic rings. The molecule has 0 aromatic heterocycles. The van der Waals surface area contributed by atoms with E-state index in [4.69, 9.17) is 4.74 Å². The second-order valence-corrected chi connectivity index (χ2v) is 8.51. The zero-order valence-electron chi connectivity index (χ0n) is 18.9. The van der Waals surface area contributed by atoms with Crippen molar-refractivity contribution in [3.05, 3.63) is 63.2 Å². The molecule has 1 N–H and O–H groups in total. The van der Waals surface area contributed by atoms with Gasteiger partial charge >= 0.3 is 5.69 Å². The van der Waals surface area contributed by atoms with E-state index in [1.165, 1.54) is 18.2 Å². The molecule has 1 fully saturated rings. The van der Waals surface area contributed by atoms with Crippen LogP contribution in [0.25, 0.3) is 0 Å². The van der Waals surface area contributed by atoms with E-state index in [0.29, 0.717) is 36.2 Å². The summed E-state index contributed by atoms with van der Waals surface area (Å²) in [5, 5.41) is 14.1. The second kappa shape index (κ2) is 9.80. The van der Waals surface area contributed by atoms with Crippen LogP contribution in [0.1, 0.15) is 53.5 Å². The maximum atomic E-state index is 13.1. The monoisotopic (exact) mass is 439 g/mol. The molecule has 1 aliphatic heterocycles. The van der Waals surface area contributed by atoms with Gasteiger partial charge in [-0.15, -0.1) is 0 Å². The topological polar surface area (TPSA) is 102 Å². The number of aryl methyl sites for hydroxylation is 1. The molecule has 1 saturated heterocycles. The third kappa shape index (κ3) is 5.25. The smallest absolute Gasteiger partial charge is 0.311 e. The van der Waals surface area contributed by atoms with Crippen LogP contribution in [0.15, 0.2) is 36.4 Å². The van der Waals surface area contributed by atoms with Gasteiger partial charge in [-0.05, 0) is 61.9 Å². The van der Waals surface area contributed by atoms with Crippen molar-refractivity contribution in [2.75, 3.05) is 25.0 Å². The number of hydrogen-bond donors (Lipinski definition) is 1. The van der Waals surface area contributed by atoms with Crippen LogP contribution >= 0.6 is 0 Å². The van der Waals surface area contributed by atoms with Crippen molar-refractivity contribution < 1.29 is 19.2 Å². The average Bonchev–Trinajstić information content (AvgIpc) is 2.74. The van der Waals surface area contributed by atoms with Crippen LogP contribution in [0, 0.1) is 28.9 Å². The number of piperidine rings is 1. The Bertz CT molecular complexity index is 1030. The van der Waals surface area contributed by atoms with Gasteiger partial charge in [-0.3, -0.25) is 19.7 Å². The van der Waals surface area contributed by atoms with Gasteiger partial charge in [-0.1, -0.05) is 19.9 Å². The minimum atomic E-state index is -0.576. The van der Waals surface area contributed by atoms with E-state index in [0.717, 1.165) is 12.0 Å². The molecular formula is C24H29N3O5. The van der Waals surface area contributed by atoms with Crippen molar-refractivity contribution in [3.63, 3.8) is 0 Å². The molecule has 1 aliphatic rings. The summed E-state index contributed by atoms with van der Waals surface area (Å²) < 4.78 is 5.27. The van der Waals surface area contributed by atoms with E-state index in [9.17, 15) is 19.7 Å². The molecule has 0 radical (unpaired) electrons. The van der Waals surface area contributed by atoms with Crippen LogP contribution in [-0.4, -0.2) is 41.3 Å². The molecule has 1 heterocycles. The quantitative estimate of drug-likeness (QED) is 0.520. The lowest BCUT2D eigenvalue weighted by Crippen LogP contribution is -2.42. The van der Waals surface area contributed by atoms with E-state index >= 15 is 0 Å². The molecule has 0 saturated carbocycles. The van der Waals surface area contributed by atoms with Crippen molar-refractivity contribution in [2.24, 2.45) is 11.8 Å². The number of ether oxygens (including phenoxy) is 1. The largest absolute Gasteiger partial charge is 0.487 e. The first-order valence-corrected chi connectivity index (χ1v) is 10.8. The number of nitrogens with one attached hydrogen (secondary N) is 1. The molecule has 0 bridgehead atoms. The first-order chi connectivity index (χ1) is 15.2. The van der Waals surface area contributed by atoms with Gasteiger partial charge in [0.25, 0.3) is 11.8 Å². The maximum Gasteiger partial charge on any atom is 0.311 e. The number of carbonyl (C=O) groups excluding carboxylic acids is 2. The minimum absolute atomic E-state index is 0.0596. The van der Waals surface area contributed by atoms with Gasteiger partial charge in [0.2, 0.25) is 0 Å². The molecule has 2 aromatic carbocycles. The highest BCUT2D eigenvalue weighted by molar-refractivity contribution is 6.06. The lowest BCUT2D eigenvalue weighted by molar-refractivity contribution is -0.385. The standard InChI is InChI=1S/C24H29N3O5/c1-5-32-22-9-8-18(12-21(22)27(30)31)23(28)25-20-11-19(7-6-17(20)4)24(29)26-13-15(2)10-16(3)14-26/h6-9,11-12,15-16H,5,10,13-14H2,1-4H3,(H,25,28). The summed E-state index contributed by atoms with van der Waals surface area (Å²) in [5.41, 5.74) is 1.65. The number of likely N-dealkylation sites (tertiary alicyclic amines) is 1. The average molecular weight is 440 g/mol. The number of anilines is 1. The van der Waals surface area contributed by atoms with Crippen LogP contribution in [0.5, 0.6) is 5.75 Å². The first-order valence-electron chi connectivity index (χ1n) is 10.8. The molecular weight excluding hydrogens is 410 g/mol. The van der Waals surface area contributed by atoms with Gasteiger partial charge in [0.05, 0.1) is 11.5 Å². The SMILES string of the molecule is CCOc1ccc(C(=O)Nc2cc(C(=O)N3CC(C)CC(C)C3)ccc2C)cc1[N+](=O)[O-]. The third-order valence-corrected chi connectivity index (χ3v) is 5.61. The van der Waals surface area contributed by atoms with Gasteiger partial charge in [0.15, 0.2) is 5.75 Å². The molecule has 0 spiro atoms. The predicted octanol–water partition coefficient (Wildman–Crippen LogP) is 4.67. The number of carbonyl (C=O) groups is 2. The highest BCUT2D eigenvalue weighted by Crippen LogP contribution is 2.29. The first kappa shape index (κ1) is 23.2. The fourth-order valence-electron chi connectivity index (χ4n) is 4.17. The highest BCUT2D eigenvalue weighted by atomic mass is 16.6. The summed E-state index contributed by atoms with van der Waals surface area (Å²) in [7, 11) is 0. The van der Waals surface area contributed by atoms with E-state index in [1.54, 1.807) is 25.1 Å². The Morgan fingerprint density at radius 2 is 1.78 bits per heavy atom. The molecule has 8 heteroatoms. The summed E-state index contributed by atoms with van der Waals surface area (Å²) >= 11 is 0. The molecule has 0 aliphatic carbocycles. The Hall–Kier alpha value is -3.42. The zero-order valence-corrected chi connectivity index (χ0v) is 18.9. The van der Waals surface area contributed by atoms with Crippen LogP contribution in [0.2, 0.25) is 0 Å². The molecule has 3 rings (SSSR count). The van der Waals surface area contributed by atoms with Crippen LogP contribution in [0.4, 0.5) is 11.4 Å². The lowest BCUT2D eigenvalue weighted by atomic mass is 9.91. The van der Waals surface area contributed by atoms with Crippen LogP contribution < -0.4 is 10.1 Å². The number of nitrogens with zero attached hydrogens (tertiary/aromatic N) is 2. The molecule has 2 amide bonds. The maximum absolute atomic E-state index is 13.1. The second-order valence-electron chi connectivity index (χ2n) is 8.51.